The average Bonchev–Trinajstić information content (AvgIpc) is 3.86. The number of carbonyl (C=O) groups is 3. The summed E-state index contributed by atoms with van der Waals surface area (Å²) in [6, 6.07) is 6.52. The Labute approximate surface area is 238 Å². The van der Waals surface area contributed by atoms with E-state index in [0.29, 0.717) is 49.8 Å². The third kappa shape index (κ3) is 5.02. The summed E-state index contributed by atoms with van der Waals surface area (Å²) in [6.07, 6.45) is 6.14. The lowest BCUT2D eigenvalue weighted by atomic mass is 10.1. The van der Waals surface area contributed by atoms with Crippen molar-refractivity contribution in [3.63, 3.8) is 0 Å². The second-order valence-electron chi connectivity index (χ2n) is 11.0. The third-order valence-corrected chi connectivity index (χ3v) is 7.88. The lowest BCUT2D eigenvalue weighted by Crippen LogP contribution is -2.36. The molecule has 2 saturated carbocycles. The van der Waals surface area contributed by atoms with Crippen molar-refractivity contribution < 1.29 is 14.4 Å². The second-order valence-corrected chi connectivity index (χ2v) is 11.0. The van der Waals surface area contributed by atoms with Crippen molar-refractivity contribution in [3.05, 3.63) is 35.9 Å². The van der Waals surface area contributed by atoms with Crippen LogP contribution in [-0.2, 0) is 24.9 Å². The summed E-state index contributed by atoms with van der Waals surface area (Å²) >= 11 is 0. The number of anilines is 2. The molecule has 6 rings (SSSR count). The zero-order valence-corrected chi connectivity index (χ0v) is 24.0. The fraction of sp³-hybridized carbons (Fsp3) is 0.483. The third-order valence-electron chi connectivity index (χ3n) is 7.88. The number of imidazole rings is 1. The summed E-state index contributed by atoms with van der Waals surface area (Å²) in [5.41, 5.74) is 4.53. The molecule has 3 aromatic heterocycles. The number of aryl methyl sites for hydroxylation is 3. The molecule has 2 aliphatic carbocycles. The Kier molecular flexibility index (Phi) is 6.92. The molecule has 0 saturated heterocycles. The van der Waals surface area contributed by atoms with Crippen molar-refractivity contribution in [2.45, 2.75) is 71.6 Å². The van der Waals surface area contributed by atoms with Crippen LogP contribution >= 0.6 is 0 Å². The van der Waals surface area contributed by atoms with Crippen LogP contribution < -0.4 is 16.0 Å². The normalized spacial score (nSPS) is 14.9. The number of carbonyl (C=O) groups excluding carboxylic acids is 3. The van der Waals surface area contributed by atoms with Gasteiger partial charge in [-0.2, -0.15) is 5.10 Å². The van der Waals surface area contributed by atoms with Crippen LogP contribution in [0.15, 0.2) is 24.5 Å². The molecule has 0 atom stereocenters. The van der Waals surface area contributed by atoms with Crippen molar-refractivity contribution in [2.75, 3.05) is 18.4 Å². The van der Waals surface area contributed by atoms with Crippen molar-refractivity contribution in [2.24, 2.45) is 7.05 Å². The molecule has 41 heavy (non-hydrogen) atoms. The van der Waals surface area contributed by atoms with E-state index in [4.69, 9.17) is 0 Å². The lowest BCUT2D eigenvalue weighted by Gasteiger charge is -2.22. The van der Waals surface area contributed by atoms with Crippen LogP contribution in [0.2, 0.25) is 0 Å². The summed E-state index contributed by atoms with van der Waals surface area (Å²) in [5, 5.41) is 14.5. The van der Waals surface area contributed by atoms with Gasteiger partial charge in [0.1, 0.15) is 16.9 Å². The molecule has 0 aliphatic heterocycles. The van der Waals surface area contributed by atoms with Crippen LogP contribution in [-0.4, -0.2) is 71.7 Å². The molecular weight excluding hydrogens is 522 g/mol. The molecule has 2 fully saturated rings. The van der Waals surface area contributed by atoms with E-state index < -0.39 is 0 Å². The smallest absolute Gasteiger partial charge is 0.271 e. The van der Waals surface area contributed by atoms with E-state index in [9.17, 15) is 14.4 Å². The molecule has 1 aromatic carbocycles. The van der Waals surface area contributed by atoms with Gasteiger partial charge in [0.15, 0.2) is 5.82 Å². The number of aromatic nitrogens is 5. The van der Waals surface area contributed by atoms with Crippen LogP contribution in [0.25, 0.3) is 21.9 Å². The quantitative estimate of drug-likeness (QED) is 0.242. The molecule has 12 nitrogen and oxygen atoms in total. The highest BCUT2D eigenvalue weighted by molar-refractivity contribution is 6.12. The topological polar surface area (TPSA) is 131 Å². The molecule has 0 radical (unpaired) electrons. The summed E-state index contributed by atoms with van der Waals surface area (Å²) in [4.78, 5) is 44.6. The Morgan fingerprint density at radius 2 is 1.68 bits per heavy atom. The Bertz CT molecular complexity index is 1640. The van der Waals surface area contributed by atoms with Gasteiger partial charge in [-0.1, -0.05) is 0 Å². The molecule has 216 valence electrons. The van der Waals surface area contributed by atoms with Gasteiger partial charge in [0.05, 0.1) is 23.0 Å². The zero-order valence-electron chi connectivity index (χ0n) is 24.0. The first kappa shape index (κ1) is 26.9. The van der Waals surface area contributed by atoms with E-state index >= 15 is 0 Å². The molecule has 0 spiro atoms. The Morgan fingerprint density at radius 3 is 2.32 bits per heavy atom. The molecule has 3 N–H and O–H groups in total. The molecule has 2 aliphatic rings. The van der Waals surface area contributed by atoms with Gasteiger partial charge < -0.3 is 30.0 Å². The second kappa shape index (κ2) is 10.6. The van der Waals surface area contributed by atoms with Crippen molar-refractivity contribution in [3.8, 4) is 0 Å². The number of amides is 3. The monoisotopic (exact) mass is 559 g/mol. The lowest BCUT2D eigenvalue weighted by molar-refractivity contribution is -0.118. The van der Waals surface area contributed by atoms with Crippen LogP contribution in [0.1, 0.15) is 67.4 Å². The van der Waals surface area contributed by atoms with Gasteiger partial charge in [-0.15, -0.1) is 0 Å². The van der Waals surface area contributed by atoms with Crippen LogP contribution in [0.4, 0.5) is 11.5 Å². The van der Waals surface area contributed by atoms with Gasteiger partial charge in [0.25, 0.3) is 11.8 Å². The first-order valence-corrected chi connectivity index (χ1v) is 14.5. The maximum absolute atomic E-state index is 13.9. The molecule has 3 heterocycles. The number of hydrogen-bond acceptors (Lipinski definition) is 6. The fourth-order valence-electron chi connectivity index (χ4n) is 5.68. The van der Waals surface area contributed by atoms with E-state index in [2.05, 4.69) is 42.4 Å². The molecule has 0 bridgehead atoms. The number of nitrogens with one attached hydrogen (secondary N) is 3. The first-order valence-electron chi connectivity index (χ1n) is 14.5. The predicted molar refractivity (Wildman–Crippen MR) is 156 cm³/mol. The van der Waals surface area contributed by atoms with Crippen LogP contribution in [0.3, 0.4) is 0 Å². The minimum Gasteiger partial charge on any atom is -0.355 e. The Morgan fingerprint density at radius 1 is 0.976 bits per heavy atom. The largest absolute Gasteiger partial charge is 0.355 e. The number of fused-ring (bicyclic) bond motifs is 3. The standard InChI is InChI=1S/C29H37N9O3/c1-5-36-22-14-21(33-25-15-23(37(6-2)34-25)28(40)31-12-11-30-17(3)39)26-27(35(4)16-32-26)20(22)13-24(36)29(41)38(18-7-8-18)19-9-10-19/h13-16,18-19H,5-12H2,1-4H3,(H,30,39)(H,31,40)(H,33,34). The number of rotatable bonds is 11. The average molecular weight is 560 g/mol. The number of benzene rings is 1. The minimum absolute atomic E-state index is 0.119. The number of nitrogens with zero attached hydrogens (tertiary/aromatic N) is 6. The molecule has 0 unspecified atom stereocenters. The number of hydrogen-bond donors (Lipinski definition) is 3. The molecule has 12 heteroatoms. The van der Waals surface area contributed by atoms with Crippen LogP contribution in [0, 0.1) is 0 Å². The molecular formula is C29H37N9O3. The SMILES string of the molecule is CCn1nc(Nc2cc3c(cc(C(=O)N(C4CC4)C4CC4)n3CC)c3c2ncn3C)cc1C(=O)NCCNC(C)=O. The van der Waals surface area contributed by atoms with Crippen LogP contribution in [0.5, 0.6) is 0 Å². The van der Waals surface area contributed by atoms with Crippen molar-refractivity contribution >= 4 is 51.2 Å². The predicted octanol–water partition coefficient (Wildman–Crippen LogP) is 3.14. The first-order chi connectivity index (χ1) is 19.8. The van der Waals surface area contributed by atoms with E-state index in [0.717, 1.165) is 59.0 Å². The van der Waals surface area contributed by atoms with Crippen molar-refractivity contribution in [1.82, 2.24) is 39.4 Å². The van der Waals surface area contributed by atoms with Gasteiger partial charge in [-0.25, -0.2) is 4.98 Å². The molecule has 4 aromatic rings. The zero-order chi connectivity index (χ0) is 28.8. The van der Waals surface area contributed by atoms with E-state index in [1.807, 2.05) is 30.7 Å². The highest BCUT2D eigenvalue weighted by Crippen LogP contribution is 2.40. The Balaban J connectivity index is 1.35. The van der Waals surface area contributed by atoms with E-state index in [1.165, 1.54) is 6.92 Å². The van der Waals surface area contributed by atoms with Gasteiger partial charge in [0.2, 0.25) is 5.91 Å². The highest BCUT2D eigenvalue weighted by Gasteiger charge is 2.43. The van der Waals surface area contributed by atoms with Gasteiger partial charge >= 0.3 is 0 Å². The summed E-state index contributed by atoms with van der Waals surface area (Å²) in [6.45, 7) is 7.26. The van der Waals surface area contributed by atoms with Crippen molar-refractivity contribution in [1.29, 1.82) is 0 Å². The maximum Gasteiger partial charge on any atom is 0.271 e. The maximum atomic E-state index is 13.9. The van der Waals surface area contributed by atoms with E-state index in [1.54, 1.807) is 17.1 Å². The minimum atomic E-state index is -0.268. The molecule has 3 amide bonds. The summed E-state index contributed by atoms with van der Waals surface area (Å²) in [7, 11) is 1.96. The summed E-state index contributed by atoms with van der Waals surface area (Å²) < 4.78 is 5.72. The van der Waals surface area contributed by atoms with E-state index in [-0.39, 0.29) is 17.7 Å². The van der Waals surface area contributed by atoms with Gasteiger partial charge in [0, 0.05) is 63.7 Å². The Hall–Kier alpha value is -4.35. The highest BCUT2D eigenvalue weighted by atomic mass is 16.2. The fourth-order valence-corrected chi connectivity index (χ4v) is 5.68. The summed E-state index contributed by atoms with van der Waals surface area (Å²) in [5.74, 6) is 0.226. The van der Waals surface area contributed by atoms with Gasteiger partial charge in [-0.3, -0.25) is 19.1 Å². The van der Waals surface area contributed by atoms with Gasteiger partial charge in [-0.05, 0) is 51.7 Å².